The Morgan fingerprint density at radius 1 is 1.24 bits per heavy atom. The number of nitrogens with two attached hydrogens (primary N) is 1. The van der Waals surface area contributed by atoms with E-state index in [-0.39, 0.29) is 18.0 Å². The van der Waals surface area contributed by atoms with Gasteiger partial charge < -0.3 is 11.1 Å². The van der Waals surface area contributed by atoms with Crippen molar-refractivity contribution < 1.29 is 4.79 Å². The Morgan fingerprint density at radius 3 is 2.24 bits per heavy atom. The number of nitrogens with one attached hydrogen (secondary N) is 1. The van der Waals surface area contributed by atoms with Gasteiger partial charge in [-0.05, 0) is 46.2 Å². The summed E-state index contributed by atoms with van der Waals surface area (Å²) in [5, 5.41) is 2.96. The van der Waals surface area contributed by atoms with Crippen molar-refractivity contribution in [3.05, 3.63) is 34.9 Å². The molecular weight excluding hydrogens is 212 g/mol. The molecule has 3 heteroatoms. The number of carbonyl (C=O) groups excluding carboxylic acids is 1. The number of carbonyl (C=O) groups is 1. The molecule has 1 amide bonds. The molecule has 3 nitrogen and oxygen atoms in total. The van der Waals surface area contributed by atoms with Crippen molar-refractivity contribution >= 4 is 5.91 Å². The van der Waals surface area contributed by atoms with E-state index in [9.17, 15) is 4.79 Å². The van der Waals surface area contributed by atoms with Crippen LogP contribution < -0.4 is 11.1 Å². The fraction of sp³-hybridized carbons (Fsp3) is 0.500. The van der Waals surface area contributed by atoms with Crippen LogP contribution in [0, 0.1) is 13.8 Å². The zero-order valence-corrected chi connectivity index (χ0v) is 11.1. The van der Waals surface area contributed by atoms with Gasteiger partial charge in [0, 0.05) is 17.6 Å². The molecule has 0 aliphatic carbocycles. The van der Waals surface area contributed by atoms with Crippen molar-refractivity contribution in [3.63, 3.8) is 0 Å². The van der Waals surface area contributed by atoms with E-state index in [1.807, 2.05) is 39.8 Å². The van der Waals surface area contributed by atoms with Crippen LogP contribution in [0.4, 0.5) is 0 Å². The zero-order chi connectivity index (χ0) is 13.0. The highest BCUT2D eigenvalue weighted by Crippen LogP contribution is 2.09. The quantitative estimate of drug-likeness (QED) is 0.838. The van der Waals surface area contributed by atoms with Crippen LogP contribution in [0.2, 0.25) is 0 Å². The summed E-state index contributed by atoms with van der Waals surface area (Å²) >= 11 is 0. The summed E-state index contributed by atoms with van der Waals surface area (Å²) in [6.45, 7) is 7.91. The smallest absolute Gasteiger partial charge is 0.251 e. The van der Waals surface area contributed by atoms with Crippen LogP contribution in [-0.2, 0) is 0 Å². The van der Waals surface area contributed by atoms with E-state index in [0.29, 0.717) is 0 Å². The lowest BCUT2D eigenvalue weighted by Crippen LogP contribution is -2.36. The maximum Gasteiger partial charge on any atom is 0.251 e. The first kappa shape index (κ1) is 13.7. The Kier molecular flexibility index (Phi) is 4.70. The molecule has 0 heterocycles. The van der Waals surface area contributed by atoms with Crippen LogP contribution in [0.25, 0.3) is 0 Å². The molecule has 0 aliphatic rings. The number of amides is 1. The molecule has 0 radical (unpaired) electrons. The largest absolute Gasteiger partial charge is 0.350 e. The van der Waals surface area contributed by atoms with E-state index < -0.39 is 0 Å². The number of hydrogen-bond acceptors (Lipinski definition) is 2. The zero-order valence-electron chi connectivity index (χ0n) is 11.1. The summed E-state index contributed by atoms with van der Waals surface area (Å²) in [5.74, 6) is -0.0232. The predicted octanol–water partition coefficient (Wildman–Crippen LogP) is 2.16. The minimum absolute atomic E-state index is 0.0232. The average molecular weight is 234 g/mol. The highest BCUT2D eigenvalue weighted by molar-refractivity contribution is 5.94. The molecule has 0 aromatic heterocycles. The molecule has 0 fully saturated rings. The second kappa shape index (κ2) is 5.82. The third kappa shape index (κ3) is 4.57. The standard InChI is InChI=1S/C14H22N2O/c1-9-5-10(2)7-13(6-9)14(17)16-12(4)8-11(3)15/h5-7,11-12H,8,15H2,1-4H3,(H,16,17). The number of benzene rings is 1. The molecule has 94 valence electrons. The molecule has 3 N–H and O–H groups in total. The summed E-state index contributed by atoms with van der Waals surface area (Å²) in [7, 11) is 0. The molecular formula is C14H22N2O. The van der Waals surface area contributed by atoms with E-state index in [2.05, 4.69) is 11.4 Å². The first-order valence-electron chi connectivity index (χ1n) is 6.03. The van der Waals surface area contributed by atoms with Crippen LogP contribution >= 0.6 is 0 Å². The molecule has 17 heavy (non-hydrogen) atoms. The Hall–Kier alpha value is -1.35. The van der Waals surface area contributed by atoms with Crippen molar-refractivity contribution in [2.75, 3.05) is 0 Å². The van der Waals surface area contributed by atoms with Crippen LogP contribution in [0.5, 0.6) is 0 Å². The Labute approximate surface area is 103 Å². The van der Waals surface area contributed by atoms with E-state index in [1.165, 1.54) is 0 Å². The van der Waals surface area contributed by atoms with Crippen LogP contribution in [0.15, 0.2) is 18.2 Å². The van der Waals surface area contributed by atoms with Crippen molar-refractivity contribution in [2.24, 2.45) is 5.73 Å². The number of aryl methyl sites for hydroxylation is 2. The average Bonchev–Trinajstić information content (AvgIpc) is 2.14. The topological polar surface area (TPSA) is 55.1 Å². The van der Waals surface area contributed by atoms with E-state index in [4.69, 9.17) is 5.73 Å². The van der Waals surface area contributed by atoms with Gasteiger partial charge in [-0.15, -0.1) is 0 Å². The molecule has 0 saturated carbocycles. The highest BCUT2D eigenvalue weighted by Gasteiger charge is 2.11. The summed E-state index contributed by atoms with van der Waals surface area (Å²) in [5.41, 5.74) is 8.64. The van der Waals surface area contributed by atoms with Gasteiger partial charge in [-0.1, -0.05) is 17.2 Å². The molecule has 1 aromatic rings. The lowest BCUT2D eigenvalue weighted by molar-refractivity contribution is 0.0937. The molecule has 0 aliphatic heterocycles. The summed E-state index contributed by atoms with van der Waals surface area (Å²) in [4.78, 5) is 12.0. The second-order valence-electron chi connectivity index (χ2n) is 4.96. The first-order chi connectivity index (χ1) is 7.88. The summed E-state index contributed by atoms with van der Waals surface area (Å²) in [6, 6.07) is 6.07. The molecule has 1 aromatic carbocycles. The molecule has 1 rings (SSSR count). The Bertz CT molecular complexity index is 379. The van der Waals surface area contributed by atoms with Gasteiger partial charge in [0.25, 0.3) is 5.91 Å². The monoisotopic (exact) mass is 234 g/mol. The summed E-state index contributed by atoms with van der Waals surface area (Å²) in [6.07, 6.45) is 0.788. The molecule has 0 bridgehead atoms. The van der Waals surface area contributed by atoms with Crippen LogP contribution in [0.1, 0.15) is 41.8 Å². The van der Waals surface area contributed by atoms with Crippen LogP contribution in [0.3, 0.4) is 0 Å². The van der Waals surface area contributed by atoms with Crippen molar-refractivity contribution in [2.45, 2.75) is 46.2 Å². The van der Waals surface area contributed by atoms with Crippen molar-refractivity contribution in [1.82, 2.24) is 5.32 Å². The second-order valence-corrected chi connectivity index (χ2v) is 4.96. The normalized spacial score (nSPS) is 14.2. The van der Waals surface area contributed by atoms with Gasteiger partial charge in [0.2, 0.25) is 0 Å². The van der Waals surface area contributed by atoms with Gasteiger partial charge in [-0.2, -0.15) is 0 Å². The molecule has 2 atom stereocenters. The van der Waals surface area contributed by atoms with Gasteiger partial charge >= 0.3 is 0 Å². The van der Waals surface area contributed by atoms with Crippen molar-refractivity contribution in [1.29, 1.82) is 0 Å². The van der Waals surface area contributed by atoms with E-state index >= 15 is 0 Å². The lowest BCUT2D eigenvalue weighted by atomic mass is 10.1. The molecule has 2 unspecified atom stereocenters. The maximum absolute atomic E-state index is 12.0. The Balaban J connectivity index is 2.69. The number of hydrogen-bond donors (Lipinski definition) is 2. The maximum atomic E-state index is 12.0. The molecule has 0 saturated heterocycles. The fourth-order valence-electron chi connectivity index (χ4n) is 2.03. The van der Waals surface area contributed by atoms with E-state index in [0.717, 1.165) is 23.1 Å². The predicted molar refractivity (Wildman–Crippen MR) is 71.1 cm³/mol. The highest BCUT2D eigenvalue weighted by atomic mass is 16.1. The lowest BCUT2D eigenvalue weighted by Gasteiger charge is -2.16. The van der Waals surface area contributed by atoms with Gasteiger partial charge in [0.05, 0.1) is 0 Å². The minimum Gasteiger partial charge on any atom is -0.350 e. The fourth-order valence-corrected chi connectivity index (χ4v) is 2.03. The SMILES string of the molecule is Cc1cc(C)cc(C(=O)NC(C)CC(C)N)c1. The van der Waals surface area contributed by atoms with Gasteiger partial charge in [0.15, 0.2) is 0 Å². The third-order valence-corrected chi connectivity index (χ3v) is 2.59. The van der Waals surface area contributed by atoms with Crippen LogP contribution in [-0.4, -0.2) is 18.0 Å². The molecule has 0 spiro atoms. The van der Waals surface area contributed by atoms with Gasteiger partial charge in [0.1, 0.15) is 0 Å². The Morgan fingerprint density at radius 2 is 1.76 bits per heavy atom. The minimum atomic E-state index is -0.0232. The number of rotatable bonds is 4. The van der Waals surface area contributed by atoms with Crippen molar-refractivity contribution in [3.8, 4) is 0 Å². The first-order valence-corrected chi connectivity index (χ1v) is 6.03. The van der Waals surface area contributed by atoms with Gasteiger partial charge in [-0.3, -0.25) is 4.79 Å². The van der Waals surface area contributed by atoms with Gasteiger partial charge in [-0.25, -0.2) is 0 Å². The third-order valence-electron chi connectivity index (χ3n) is 2.59. The van der Waals surface area contributed by atoms with E-state index in [1.54, 1.807) is 0 Å². The summed E-state index contributed by atoms with van der Waals surface area (Å²) < 4.78 is 0.